The highest BCUT2D eigenvalue weighted by Gasteiger charge is 2.46. The molecule has 1 aliphatic heterocycles. The van der Waals surface area contributed by atoms with E-state index >= 15 is 0 Å². The minimum atomic E-state index is -1.07. The summed E-state index contributed by atoms with van der Waals surface area (Å²) in [7, 11) is 1.23. The van der Waals surface area contributed by atoms with E-state index in [9.17, 15) is 24.3 Å². The molecule has 11 nitrogen and oxygen atoms in total. The number of Topliss-reactive ketones (excluding diaryl/α,β-unsaturated/α-hetero) is 1. The van der Waals surface area contributed by atoms with E-state index in [4.69, 9.17) is 15.2 Å². The zero-order valence-corrected chi connectivity index (χ0v) is 21.9. The highest BCUT2D eigenvalue weighted by molar-refractivity contribution is 7.17. The van der Waals surface area contributed by atoms with Crippen molar-refractivity contribution in [1.29, 1.82) is 0 Å². The van der Waals surface area contributed by atoms with E-state index in [0.717, 1.165) is 22.7 Å². The number of aryl methyl sites for hydroxylation is 3. The number of rotatable bonds is 8. The standard InChI is InChI=1S/C24H22N4O7S2/c1-10-20(36-12(3)26-10)18(30)16-17(13-5-7-14(8-6-13)35-9-15(25)29)28(22(32)19(16)31)24-27-11(2)21(37-24)23(33)34-4/h5-8,17,31H,9H2,1-4H3,(H2,25,29). The Kier molecular flexibility index (Phi) is 7.09. The number of carbonyl (C=O) groups is 4. The molecule has 1 atom stereocenters. The van der Waals surface area contributed by atoms with Crippen molar-refractivity contribution >= 4 is 51.4 Å². The number of esters is 1. The molecular formula is C24H22N4O7S2. The smallest absolute Gasteiger partial charge is 0.350 e. The topological polar surface area (TPSA) is 162 Å². The van der Waals surface area contributed by atoms with Crippen LogP contribution in [0.3, 0.4) is 0 Å². The van der Waals surface area contributed by atoms with Gasteiger partial charge in [-0.25, -0.2) is 14.8 Å². The third-order valence-corrected chi connectivity index (χ3v) is 7.71. The number of amides is 2. The second-order valence-corrected chi connectivity index (χ2v) is 10.2. The van der Waals surface area contributed by atoms with Gasteiger partial charge in [-0.15, -0.1) is 11.3 Å². The summed E-state index contributed by atoms with van der Waals surface area (Å²) in [6, 6.07) is 5.23. The number of aromatic nitrogens is 2. The number of nitrogens with zero attached hydrogens (tertiary/aromatic N) is 3. The molecule has 0 aliphatic carbocycles. The largest absolute Gasteiger partial charge is 0.503 e. The van der Waals surface area contributed by atoms with Crippen molar-refractivity contribution in [2.24, 2.45) is 5.73 Å². The molecule has 0 bridgehead atoms. The van der Waals surface area contributed by atoms with Crippen LogP contribution in [0.2, 0.25) is 0 Å². The third kappa shape index (κ3) is 4.82. The molecule has 0 spiro atoms. The van der Waals surface area contributed by atoms with Gasteiger partial charge >= 0.3 is 5.97 Å². The van der Waals surface area contributed by atoms with Gasteiger partial charge in [-0.2, -0.15) is 0 Å². The first kappa shape index (κ1) is 26.0. The summed E-state index contributed by atoms with van der Waals surface area (Å²) in [6.45, 7) is 4.70. The predicted molar refractivity (Wildman–Crippen MR) is 135 cm³/mol. The third-order valence-electron chi connectivity index (χ3n) is 5.50. The molecule has 3 heterocycles. The van der Waals surface area contributed by atoms with Crippen molar-refractivity contribution < 1.29 is 33.8 Å². The Bertz CT molecular complexity index is 1460. The van der Waals surface area contributed by atoms with E-state index in [-0.39, 0.29) is 22.2 Å². The zero-order chi connectivity index (χ0) is 27.0. The van der Waals surface area contributed by atoms with E-state index in [1.807, 2.05) is 0 Å². The normalized spacial score (nSPS) is 15.3. The summed E-state index contributed by atoms with van der Waals surface area (Å²) in [5.41, 5.74) is 6.25. The van der Waals surface area contributed by atoms with E-state index in [1.165, 1.54) is 12.0 Å². The maximum atomic E-state index is 13.7. The SMILES string of the molecule is COC(=O)c1sc(N2C(=O)C(O)=C(C(=O)c3sc(C)nc3C)C2c2ccc(OCC(N)=O)cc2)nc1C. The van der Waals surface area contributed by atoms with Gasteiger partial charge in [0.1, 0.15) is 10.6 Å². The average molecular weight is 543 g/mol. The number of benzene rings is 1. The maximum Gasteiger partial charge on any atom is 0.350 e. The van der Waals surface area contributed by atoms with Crippen LogP contribution in [-0.2, 0) is 14.3 Å². The van der Waals surface area contributed by atoms with E-state index in [0.29, 0.717) is 32.6 Å². The molecule has 0 fully saturated rings. The number of ether oxygens (including phenoxy) is 2. The first-order chi connectivity index (χ1) is 17.5. The minimum absolute atomic E-state index is 0.105. The van der Waals surface area contributed by atoms with Crippen molar-refractivity contribution in [2.75, 3.05) is 18.6 Å². The van der Waals surface area contributed by atoms with Crippen LogP contribution in [0.4, 0.5) is 5.13 Å². The Balaban J connectivity index is 1.83. The number of thiazole rings is 2. The number of aliphatic hydroxyl groups excluding tert-OH is 1. The van der Waals surface area contributed by atoms with Gasteiger partial charge in [-0.05, 0) is 38.5 Å². The fourth-order valence-corrected chi connectivity index (χ4v) is 5.77. The lowest BCUT2D eigenvalue weighted by atomic mass is 9.95. The first-order valence-corrected chi connectivity index (χ1v) is 12.5. The molecule has 1 aromatic carbocycles. The van der Waals surface area contributed by atoms with E-state index in [1.54, 1.807) is 45.0 Å². The quantitative estimate of drug-likeness (QED) is 0.322. The molecule has 0 saturated carbocycles. The molecule has 37 heavy (non-hydrogen) atoms. The summed E-state index contributed by atoms with van der Waals surface area (Å²) in [5.74, 6) is -3.03. The first-order valence-electron chi connectivity index (χ1n) is 10.9. The van der Waals surface area contributed by atoms with Gasteiger partial charge in [0.2, 0.25) is 5.78 Å². The fourth-order valence-electron chi connectivity index (χ4n) is 3.88. The highest BCUT2D eigenvalue weighted by atomic mass is 32.1. The number of nitrogens with two attached hydrogens (primary N) is 1. The van der Waals surface area contributed by atoms with Crippen LogP contribution >= 0.6 is 22.7 Å². The summed E-state index contributed by atoms with van der Waals surface area (Å²) in [4.78, 5) is 60.6. The summed E-state index contributed by atoms with van der Waals surface area (Å²) in [6.07, 6.45) is 0. The van der Waals surface area contributed by atoms with Gasteiger partial charge in [-0.3, -0.25) is 19.3 Å². The number of anilines is 1. The number of ketones is 1. The van der Waals surface area contributed by atoms with Crippen molar-refractivity contribution in [3.05, 3.63) is 67.3 Å². The lowest BCUT2D eigenvalue weighted by Crippen LogP contribution is -2.31. The molecule has 192 valence electrons. The van der Waals surface area contributed by atoms with Gasteiger partial charge in [0, 0.05) is 0 Å². The van der Waals surface area contributed by atoms with Crippen molar-refractivity contribution in [3.8, 4) is 5.75 Å². The van der Waals surface area contributed by atoms with Gasteiger partial charge in [-0.1, -0.05) is 23.5 Å². The second-order valence-electron chi connectivity index (χ2n) is 8.04. The van der Waals surface area contributed by atoms with Crippen LogP contribution in [0.1, 0.15) is 47.3 Å². The van der Waals surface area contributed by atoms with Crippen molar-refractivity contribution in [2.45, 2.75) is 26.8 Å². The molecule has 0 radical (unpaired) electrons. The Labute approximate surface area is 219 Å². The van der Waals surface area contributed by atoms with Gasteiger partial charge < -0.3 is 20.3 Å². The lowest BCUT2D eigenvalue weighted by Gasteiger charge is -2.24. The molecule has 1 aliphatic rings. The second kappa shape index (κ2) is 10.1. The summed E-state index contributed by atoms with van der Waals surface area (Å²) < 4.78 is 10.1. The minimum Gasteiger partial charge on any atom is -0.503 e. The van der Waals surface area contributed by atoms with E-state index in [2.05, 4.69) is 9.97 Å². The summed E-state index contributed by atoms with van der Waals surface area (Å²) in [5, 5.41) is 11.7. The highest BCUT2D eigenvalue weighted by Crippen LogP contribution is 2.44. The average Bonchev–Trinajstić information content (AvgIpc) is 3.49. The van der Waals surface area contributed by atoms with E-state index < -0.39 is 35.4 Å². The van der Waals surface area contributed by atoms with Crippen molar-refractivity contribution in [1.82, 2.24) is 9.97 Å². The number of methoxy groups -OCH3 is 1. The molecule has 3 N–H and O–H groups in total. The number of hydrogen-bond acceptors (Lipinski definition) is 11. The molecule has 13 heteroatoms. The van der Waals surface area contributed by atoms with Gasteiger partial charge in [0.05, 0.1) is 40.0 Å². The lowest BCUT2D eigenvalue weighted by molar-refractivity contribution is -0.120. The molecule has 2 amide bonds. The van der Waals surface area contributed by atoms with Crippen LogP contribution in [0.5, 0.6) is 5.75 Å². The van der Waals surface area contributed by atoms with Crippen LogP contribution in [0.25, 0.3) is 0 Å². The Morgan fingerprint density at radius 1 is 1.05 bits per heavy atom. The Morgan fingerprint density at radius 2 is 1.70 bits per heavy atom. The molecule has 4 rings (SSSR count). The van der Waals surface area contributed by atoms with Crippen LogP contribution in [0, 0.1) is 20.8 Å². The van der Waals surface area contributed by atoms with Crippen molar-refractivity contribution in [3.63, 3.8) is 0 Å². The summed E-state index contributed by atoms with van der Waals surface area (Å²) >= 11 is 2.07. The Hall–Kier alpha value is -4.10. The monoisotopic (exact) mass is 542 g/mol. The molecular weight excluding hydrogens is 520 g/mol. The number of hydrogen-bond donors (Lipinski definition) is 2. The maximum absolute atomic E-state index is 13.7. The van der Waals surface area contributed by atoms with Gasteiger partial charge in [0.15, 0.2) is 17.5 Å². The molecule has 0 saturated heterocycles. The molecule has 2 aromatic heterocycles. The number of carbonyl (C=O) groups excluding carboxylic acids is 4. The van der Waals surface area contributed by atoms with Crippen LogP contribution in [0.15, 0.2) is 35.6 Å². The molecule has 3 aromatic rings. The van der Waals surface area contributed by atoms with Gasteiger partial charge in [0.25, 0.3) is 11.8 Å². The molecule has 1 unspecified atom stereocenters. The predicted octanol–water partition coefficient (Wildman–Crippen LogP) is 2.96. The fraction of sp³-hybridized carbons (Fsp3) is 0.250. The van der Waals surface area contributed by atoms with Crippen LogP contribution < -0.4 is 15.4 Å². The number of primary amides is 1. The Morgan fingerprint density at radius 3 is 2.27 bits per heavy atom. The van der Waals surface area contributed by atoms with Crippen LogP contribution in [-0.4, -0.2) is 52.4 Å². The number of aliphatic hydroxyl groups is 1. The zero-order valence-electron chi connectivity index (χ0n) is 20.2.